The summed E-state index contributed by atoms with van der Waals surface area (Å²) in [6, 6.07) is 7.31. The van der Waals surface area contributed by atoms with E-state index in [0.717, 1.165) is 24.3 Å². The Labute approximate surface area is 114 Å². The molecule has 104 valence electrons. The number of ether oxygens (including phenoxy) is 1. The van der Waals surface area contributed by atoms with E-state index in [1.165, 1.54) is 19.3 Å². The molecule has 1 fully saturated rings. The van der Waals surface area contributed by atoms with E-state index in [-0.39, 0.29) is 11.9 Å². The van der Waals surface area contributed by atoms with Gasteiger partial charge in [-0.05, 0) is 43.0 Å². The lowest BCUT2D eigenvalue weighted by Crippen LogP contribution is -2.42. The molecule has 0 aromatic heterocycles. The van der Waals surface area contributed by atoms with Crippen molar-refractivity contribution in [2.75, 3.05) is 12.4 Å². The maximum absolute atomic E-state index is 11.7. The van der Waals surface area contributed by atoms with Crippen molar-refractivity contribution in [3.63, 3.8) is 0 Å². The molecule has 19 heavy (non-hydrogen) atoms. The molecule has 4 heteroatoms. The van der Waals surface area contributed by atoms with Crippen LogP contribution >= 0.6 is 0 Å². The standard InChI is InChI=1S/C15H22N2O2/c1-19-13-9-7-12(8-10-13)17-14(15(16)18)11-5-3-2-4-6-11/h7-11,14,17H,2-6H2,1H3,(H2,16,18). The predicted octanol–water partition coefficient (Wildman–Crippen LogP) is 2.54. The molecule has 0 aliphatic heterocycles. The minimum absolute atomic E-state index is 0.261. The molecular formula is C15H22N2O2. The first-order valence-corrected chi connectivity index (χ1v) is 6.90. The Kier molecular flexibility index (Phi) is 4.66. The fraction of sp³-hybridized carbons (Fsp3) is 0.533. The Bertz CT molecular complexity index is 411. The van der Waals surface area contributed by atoms with Crippen LogP contribution < -0.4 is 15.8 Å². The maximum Gasteiger partial charge on any atom is 0.240 e. The van der Waals surface area contributed by atoms with Gasteiger partial charge in [0.1, 0.15) is 11.8 Å². The number of amides is 1. The molecule has 0 spiro atoms. The topological polar surface area (TPSA) is 64.3 Å². The van der Waals surface area contributed by atoms with Gasteiger partial charge in [0, 0.05) is 5.69 Å². The molecular weight excluding hydrogens is 240 g/mol. The van der Waals surface area contributed by atoms with E-state index in [9.17, 15) is 4.79 Å². The predicted molar refractivity (Wildman–Crippen MR) is 76.2 cm³/mol. The highest BCUT2D eigenvalue weighted by atomic mass is 16.5. The Hall–Kier alpha value is -1.71. The third-order valence-electron chi connectivity index (χ3n) is 3.84. The van der Waals surface area contributed by atoms with E-state index in [2.05, 4.69) is 5.32 Å². The molecule has 4 nitrogen and oxygen atoms in total. The fourth-order valence-electron chi connectivity index (χ4n) is 2.76. The zero-order valence-electron chi connectivity index (χ0n) is 11.4. The van der Waals surface area contributed by atoms with Crippen LogP contribution in [0.5, 0.6) is 5.75 Å². The van der Waals surface area contributed by atoms with E-state index in [0.29, 0.717) is 5.92 Å². The Morgan fingerprint density at radius 1 is 1.26 bits per heavy atom. The largest absolute Gasteiger partial charge is 0.497 e. The SMILES string of the molecule is COc1ccc(NC(C(N)=O)C2CCCCC2)cc1. The van der Waals surface area contributed by atoms with Crippen molar-refractivity contribution < 1.29 is 9.53 Å². The summed E-state index contributed by atoms with van der Waals surface area (Å²) >= 11 is 0. The highest BCUT2D eigenvalue weighted by Gasteiger charge is 2.27. The average Bonchev–Trinajstić information content (AvgIpc) is 2.46. The first-order valence-electron chi connectivity index (χ1n) is 6.90. The molecule has 1 amide bonds. The molecule has 0 saturated heterocycles. The normalized spacial score (nSPS) is 17.7. The molecule has 3 N–H and O–H groups in total. The summed E-state index contributed by atoms with van der Waals surface area (Å²) in [5, 5.41) is 3.27. The van der Waals surface area contributed by atoms with Gasteiger partial charge in [-0.25, -0.2) is 0 Å². The second kappa shape index (κ2) is 6.45. The second-order valence-electron chi connectivity index (χ2n) is 5.15. The van der Waals surface area contributed by atoms with E-state index in [1.807, 2.05) is 24.3 Å². The van der Waals surface area contributed by atoms with Crippen LogP contribution in [0.3, 0.4) is 0 Å². The Balaban J connectivity index is 2.04. The number of methoxy groups -OCH3 is 1. The van der Waals surface area contributed by atoms with Gasteiger partial charge in [-0.3, -0.25) is 4.79 Å². The molecule has 0 radical (unpaired) electrons. The molecule has 0 heterocycles. The molecule has 1 unspecified atom stereocenters. The summed E-state index contributed by atoms with van der Waals surface area (Å²) in [4.78, 5) is 11.7. The van der Waals surface area contributed by atoms with Gasteiger partial charge in [0.15, 0.2) is 0 Å². The highest BCUT2D eigenvalue weighted by Crippen LogP contribution is 2.28. The third kappa shape index (κ3) is 3.63. The van der Waals surface area contributed by atoms with E-state index in [4.69, 9.17) is 10.5 Å². The third-order valence-corrected chi connectivity index (χ3v) is 3.84. The van der Waals surface area contributed by atoms with Gasteiger partial charge in [0.25, 0.3) is 0 Å². The minimum Gasteiger partial charge on any atom is -0.497 e. The van der Waals surface area contributed by atoms with Crippen molar-refractivity contribution in [2.24, 2.45) is 11.7 Å². The zero-order chi connectivity index (χ0) is 13.7. The van der Waals surface area contributed by atoms with Crippen molar-refractivity contribution in [3.05, 3.63) is 24.3 Å². The van der Waals surface area contributed by atoms with Gasteiger partial charge in [0.2, 0.25) is 5.91 Å². The number of anilines is 1. The van der Waals surface area contributed by atoms with Crippen molar-refractivity contribution in [2.45, 2.75) is 38.1 Å². The van der Waals surface area contributed by atoms with Crippen molar-refractivity contribution >= 4 is 11.6 Å². The van der Waals surface area contributed by atoms with Crippen LogP contribution in [0, 0.1) is 5.92 Å². The number of rotatable bonds is 5. The van der Waals surface area contributed by atoms with Gasteiger partial charge < -0.3 is 15.8 Å². The van der Waals surface area contributed by atoms with Crippen LogP contribution in [0.25, 0.3) is 0 Å². The lowest BCUT2D eigenvalue weighted by molar-refractivity contribution is -0.120. The number of primary amides is 1. The summed E-state index contributed by atoms with van der Waals surface area (Å²) in [5.74, 6) is 0.898. The monoisotopic (exact) mass is 262 g/mol. The average molecular weight is 262 g/mol. The van der Waals surface area contributed by atoms with Gasteiger partial charge in [-0.1, -0.05) is 19.3 Å². The number of carbonyl (C=O) groups excluding carboxylic acids is 1. The first-order chi connectivity index (χ1) is 9.20. The van der Waals surface area contributed by atoms with Gasteiger partial charge in [-0.2, -0.15) is 0 Å². The molecule has 1 aliphatic rings. The van der Waals surface area contributed by atoms with Crippen LogP contribution in [-0.2, 0) is 4.79 Å². The molecule has 1 aromatic carbocycles. The number of carbonyl (C=O) groups is 1. The molecule has 0 bridgehead atoms. The number of hydrogen-bond acceptors (Lipinski definition) is 3. The van der Waals surface area contributed by atoms with E-state index < -0.39 is 0 Å². The van der Waals surface area contributed by atoms with Gasteiger partial charge >= 0.3 is 0 Å². The van der Waals surface area contributed by atoms with Gasteiger partial charge in [-0.15, -0.1) is 0 Å². The van der Waals surface area contributed by atoms with Crippen LogP contribution in [0.1, 0.15) is 32.1 Å². The maximum atomic E-state index is 11.7. The summed E-state index contributed by atoms with van der Waals surface area (Å²) in [7, 11) is 1.64. The summed E-state index contributed by atoms with van der Waals surface area (Å²) in [6.07, 6.45) is 5.81. The quantitative estimate of drug-likeness (QED) is 0.857. The molecule has 1 aliphatic carbocycles. The summed E-state index contributed by atoms with van der Waals surface area (Å²) in [5.41, 5.74) is 6.46. The lowest BCUT2D eigenvalue weighted by Gasteiger charge is -2.29. The lowest BCUT2D eigenvalue weighted by atomic mass is 9.83. The van der Waals surface area contributed by atoms with Crippen LogP contribution in [0.4, 0.5) is 5.69 Å². The number of nitrogens with two attached hydrogens (primary N) is 1. The zero-order valence-corrected chi connectivity index (χ0v) is 11.4. The van der Waals surface area contributed by atoms with E-state index >= 15 is 0 Å². The van der Waals surface area contributed by atoms with Crippen LogP contribution in [0.2, 0.25) is 0 Å². The Morgan fingerprint density at radius 3 is 2.42 bits per heavy atom. The summed E-state index contributed by atoms with van der Waals surface area (Å²) < 4.78 is 5.12. The summed E-state index contributed by atoms with van der Waals surface area (Å²) in [6.45, 7) is 0. The number of nitrogens with one attached hydrogen (secondary N) is 1. The first kappa shape index (κ1) is 13.7. The van der Waals surface area contributed by atoms with Crippen LogP contribution in [0.15, 0.2) is 24.3 Å². The second-order valence-corrected chi connectivity index (χ2v) is 5.15. The minimum atomic E-state index is -0.270. The van der Waals surface area contributed by atoms with E-state index in [1.54, 1.807) is 7.11 Å². The van der Waals surface area contributed by atoms with Gasteiger partial charge in [0.05, 0.1) is 7.11 Å². The number of benzene rings is 1. The smallest absolute Gasteiger partial charge is 0.240 e. The molecule has 1 atom stereocenters. The van der Waals surface area contributed by atoms with Crippen molar-refractivity contribution in [3.8, 4) is 5.75 Å². The molecule has 1 saturated carbocycles. The van der Waals surface area contributed by atoms with Crippen LogP contribution in [-0.4, -0.2) is 19.1 Å². The molecule has 2 rings (SSSR count). The number of hydrogen-bond donors (Lipinski definition) is 2. The molecule has 1 aromatic rings. The van der Waals surface area contributed by atoms with Crippen molar-refractivity contribution in [1.29, 1.82) is 0 Å². The fourth-order valence-corrected chi connectivity index (χ4v) is 2.76. The highest BCUT2D eigenvalue weighted by molar-refractivity contribution is 5.83. The Morgan fingerprint density at radius 2 is 1.89 bits per heavy atom. The van der Waals surface area contributed by atoms with Crippen molar-refractivity contribution in [1.82, 2.24) is 0 Å².